The summed E-state index contributed by atoms with van der Waals surface area (Å²) in [5.74, 6) is 1.92. The van der Waals surface area contributed by atoms with Crippen molar-refractivity contribution in [2.45, 2.75) is 12.5 Å². The van der Waals surface area contributed by atoms with Crippen molar-refractivity contribution in [3.8, 4) is 18.1 Å². The molecule has 3 N–H and O–H groups in total. The molecule has 21 heavy (non-hydrogen) atoms. The number of primary amides is 1. The average molecular weight is 290 g/mol. The van der Waals surface area contributed by atoms with Crippen LogP contribution in [0.25, 0.3) is 0 Å². The molecule has 6 nitrogen and oxygen atoms in total. The van der Waals surface area contributed by atoms with E-state index in [-0.39, 0.29) is 6.61 Å². The Balaban J connectivity index is 2.65. The Morgan fingerprint density at radius 1 is 1.38 bits per heavy atom. The number of nitrogens with one attached hydrogen (secondary N) is 1. The molecule has 6 heteroatoms. The summed E-state index contributed by atoms with van der Waals surface area (Å²) in [6, 6.07) is 5.64. The van der Waals surface area contributed by atoms with Crippen LogP contribution in [-0.2, 0) is 9.53 Å². The van der Waals surface area contributed by atoms with E-state index in [2.05, 4.69) is 11.2 Å². The fraction of sp³-hybridized carbons (Fsp3) is 0.333. The first-order valence-corrected chi connectivity index (χ1v) is 6.34. The van der Waals surface area contributed by atoms with E-state index < -0.39 is 17.9 Å². The van der Waals surface area contributed by atoms with Gasteiger partial charge in [0, 0.05) is 19.3 Å². The summed E-state index contributed by atoms with van der Waals surface area (Å²) < 4.78 is 10.1. The zero-order chi connectivity index (χ0) is 15.7. The van der Waals surface area contributed by atoms with E-state index in [0.717, 1.165) is 0 Å². The Kier molecular flexibility index (Phi) is 6.78. The van der Waals surface area contributed by atoms with Crippen molar-refractivity contribution in [3.63, 3.8) is 0 Å². The van der Waals surface area contributed by atoms with Gasteiger partial charge in [0.25, 0.3) is 5.91 Å². The molecule has 0 aliphatic carbocycles. The molecule has 0 heterocycles. The van der Waals surface area contributed by atoms with Crippen LogP contribution in [0.4, 0.5) is 0 Å². The molecule has 0 spiro atoms. The molecule has 1 aromatic carbocycles. The fourth-order valence-corrected chi connectivity index (χ4v) is 1.59. The zero-order valence-electron chi connectivity index (χ0n) is 11.8. The number of methoxy groups -OCH3 is 1. The van der Waals surface area contributed by atoms with E-state index in [0.29, 0.717) is 24.3 Å². The minimum Gasteiger partial charge on any atom is -0.481 e. The quantitative estimate of drug-likeness (QED) is 0.675. The second kappa shape index (κ2) is 8.61. The lowest BCUT2D eigenvalue weighted by molar-refractivity contribution is -0.120. The predicted octanol–water partition coefficient (Wildman–Crippen LogP) is 0.319. The van der Waals surface area contributed by atoms with Crippen LogP contribution in [0.5, 0.6) is 5.75 Å². The number of amides is 2. The summed E-state index contributed by atoms with van der Waals surface area (Å²) in [5.41, 5.74) is 5.63. The van der Waals surface area contributed by atoms with Gasteiger partial charge in [-0.2, -0.15) is 0 Å². The average Bonchev–Trinajstić information content (AvgIpc) is 2.49. The van der Waals surface area contributed by atoms with Crippen molar-refractivity contribution in [3.05, 3.63) is 29.8 Å². The van der Waals surface area contributed by atoms with Crippen LogP contribution < -0.4 is 15.8 Å². The molecule has 0 radical (unpaired) electrons. The topological polar surface area (TPSA) is 90.7 Å². The lowest BCUT2D eigenvalue weighted by Gasteiger charge is -2.15. The maximum absolute atomic E-state index is 12.0. The van der Waals surface area contributed by atoms with Gasteiger partial charge in [-0.25, -0.2) is 0 Å². The van der Waals surface area contributed by atoms with Gasteiger partial charge < -0.3 is 20.5 Å². The van der Waals surface area contributed by atoms with Gasteiger partial charge in [0.05, 0.1) is 0 Å². The molecule has 1 aromatic rings. The van der Waals surface area contributed by atoms with Gasteiger partial charge in [-0.15, -0.1) is 6.42 Å². The number of hydrogen-bond acceptors (Lipinski definition) is 4. The van der Waals surface area contributed by atoms with Gasteiger partial charge >= 0.3 is 0 Å². The van der Waals surface area contributed by atoms with Crippen molar-refractivity contribution in [1.29, 1.82) is 0 Å². The van der Waals surface area contributed by atoms with Gasteiger partial charge in [-0.05, 0) is 30.7 Å². The van der Waals surface area contributed by atoms with Crippen LogP contribution in [-0.4, -0.2) is 38.2 Å². The van der Waals surface area contributed by atoms with Crippen LogP contribution in [0.15, 0.2) is 24.3 Å². The Bertz CT molecular complexity index is 519. The van der Waals surface area contributed by atoms with Crippen molar-refractivity contribution in [2.75, 3.05) is 20.3 Å². The molecule has 0 fully saturated rings. The second-order valence-electron chi connectivity index (χ2n) is 4.23. The van der Waals surface area contributed by atoms with E-state index in [4.69, 9.17) is 21.6 Å². The number of ether oxygens (including phenoxy) is 2. The van der Waals surface area contributed by atoms with Crippen LogP contribution in [0, 0.1) is 12.3 Å². The van der Waals surface area contributed by atoms with Crippen molar-refractivity contribution >= 4 is 11.8 Å². The number of carbonyl (C=O) groups is 2. The third-order valence-electron chi connectivity index (χ3n) is 2.70. The molecule has 112 valence electrons. The molecule has 0 bridgehead atoms. The normalized spacial score (nSPS) is 11.2. The predicted molar refractivity (Wildman–Crippen MR) is 77.7 cm³/mol. The molecule has 0 aromatic heterocycles. The monoisotopic (exact) mass is 290 g/mol. The third kappa shape index (κ3) is 5.55. The maximum Gasteiger partial charge on any atom is 0.251 e. The lowest BCUT2D eigenvalue weighted by Crippen LogP contribution is -2.45. The highest BCUT2D eigenvalue weighted by Gasteiger charge is 2.18. The number of carbonyl (C=O) groups excluding carboxylic acids is 2. The first kappa shape index (κ1) is 16.5. The molecule has 0 saturated carbocycles. The zero-order valence-corrected chi connectivity index (χ0v) is 11.8. The van der Waals surface area contributed by atoms with Crippen molar-refractivity contribution < 1.29 is 19.1 Å². The van der Waals surface area contributed by atoms with Gasteiger partial charge in [-0.3, -0.25) is 9.59 Å². The molecule has 1 rings (SSSR count). The van der Waals surface area contributed by atoms with E-state index in [9.17, 15) is 9.59 Å². The number of rotatable bonds is 8. The lowest BCUT2D eigenvalue weighted by atomic mass is 10.1. The summed E-state index contributed by atoms with van der Waals surface area (Å²) in [4.78, 5) is 23.3. The Hall–Kier alpha value is -2.52. The Labute approximate surface area is 123 Å². The first-order chi connectivity index (χ1) is 10.1. The number of benzene rings is 1. The van der Waals surface area contributed by atoms with Crippen LogP contribution in [0.2, 0.25) is 0 Å². The SMILES string of the molecule is C#CCOc1ccc(C(=O)N[C@H](CCOC)C(N)=O)cc1. The summed E-state index contributed by atoms with van der Waals surface area (Å²) >= 11 is 0. The van der Waals surface area contributed by atoms with Crippen LogP contribution >= 0.6 is 0 Å². The summed E-state index contributed by atoms with van der Waals surface area (Å²) in [7, 11) is 1.51. The Morgan fingerprint density at radius 3 is 2.57 bits per heavy atom. The highest BCUT2D eigenvalue weighted by molar-refractivity contribution is 5.97. The van der Waals surface area contributed by atoms with Crippen LogP contribution in [0.1, 0.15) is 16.8 Å². The molecule has 0 aliphatic heterocycles. The van der Waals surface area contributed by atoms with Gasteiger partial charge in [-0.1, -0.05) is 5.92 Å². The minimum absolute atomic E-state index is 0.159. The van der Waals surface area contributed by atoms with Gasteiger partial charge in [0.15, 0.2) is 0 Å². The maximum atomic E-state index is 12.0. The van der Waals surface area contributed by atoms with Gasteiger partial charge in [0.2, 0.25) is 5.91 Å². The molecule has 0 saturated heterocycles. The highest BCUT2D eigenvalue weighted by atomic mass is 16.5. The molecular weight excluding hydrogens is 272 g/mol. The van der Waals surface area contributed by atoms with Crippen molar-refractivity contribution in [2.24, 2.45) is 5.73 Å². The van der Waals surface area contributed by atoms with E-state index in [1.807, 2.05) is 0 Å². The van der Waals surface area contributed by atoms with E-state index in [1.54, 1.807) is 24.3 Å². The summed E-state index contributed by atoms with van der Waals surface area (Å²) in [5, 5.41) is 2.56. The standard InChI is InChI=1S/C15H18N2O4/c1-3-9-21-12-6-4-11(5-7-12)15(19)17-13(14(16)18)8-10-20-2/h1,4-7,13H,8-10H2,2H3,(H2,16,18)(H,17,19)/t13-/m1/s1. The molecular formula is C15H18N2O4. The first-order valence-electron chi connectivity index (χ1n) is 6.34. The molecule has 2 amide bonds. The highest BCUT2D eigenvalue weighted by Crippen LogP contribution is 2.12. The largest absolute Gasteiger partial charge is 0.481 e. The number of hydrogen-bond donors (Lipinski definition) is 2. The number of terminal acetylenes is 1. The molecule has 1 atom stereocenters. The summed E-state index contributed by atoms with van der Waals surface area (Å²) in [6.45, 7) is 0.485. The minimum atomic E-state index is -0.769. The van der Waals surface area contributed by atoms with E-state index >= 15 is 0 Å². The van der Waals surface area contributed by atoms with Crippen LogP contribution in [0.3, 0.4) is 0 Å². The smallest absolute Gasteiger partial charge is 0.251 e. The number of nitrogens with two attached hydrogens (primary N) is 1. The fourth-order valence-electron chi connectivity index (χ4n) is 1.59. The van der Waals surface area contributed by atoms with Gasteiger partial charge in [0.1, 0.15) is 18.4 Å². The molecule has 0 unspecified atom stereocenters. The van der Waals surface area contributed by atoms with Crippen molar-refractivity contribution in [1.82, 2.24) is 5.32 Å². The second-order valence-corrected chi connectivity index (χ2v) is 4.23. The Morgan fingerprint density at radius 2 is 2.05 bits per heavy atom. The third-order valence-corrected chi connectivity index (χ3v) is 2.70. The molecule has 0 aliphatic rings. The van der Waals surface area contributed by atoms with E-state index in [1.165, 1.54) is 7.11 Å². The summed E-state index contributed by atoms with van der Waals surface area (Å²) in [6.07, 6.45) is 5.40.